The Morgan fingerprint density at radius 1 is 1.61 bits per heavy atom. The molecule has 1 aromatic heterocycles. The van der Waals surface area contributed by atoms with Gasteiger partial charge >= 0.3 is 5.97 Å². The highest BCUT2D eigenvalue weighted by Crippen LogP contribution is 2.18. The smallest absolute Gasteiger partial charge is 0.321 e. The van der Waals surface area contributed by atoms with Crippen LogP contribution in [0.1, 0.15) is 6.42 Å². The van der Waals surface area contributed by atoms with E-state index >= 15 is 0 Å². The van der Waals surface area contributed by atoms with Crippen LogP contribution in [0, 0.1) is 0 Å². The highest BCUT2D eigenvalue weighted by molar-refractivity contribution is 9.10. The van der Waals surface area contributed by atoms with Crippen LogP contribution in [0.2, 0.25) is 0 Å². The lowest BCUT2D eigenvalue weighted by atomic mass is 10.2. The Morgan fingerprint density at radius 2 is 2.22 bits per heavy atom. The molecule has 18 heavy (non-hydrogen) atoms. The van der Waals surface area contributed by atoms with Crippen LogP contribution in [0.4, 0.5) is 0 Å². The number of carboxylic acids is 1. The van der Waals surface area contributed by atoms with E-state index in [0.29, 0.717) is 0 Å². The number of aromatic nitrogens is 3. The van der Waals surface area contributed by atoms with Crippen molar-refractivity contribution < 1.29 is 23.4 Å². The SMILES string of the molecule is Cn1nnc(Br)c1S(=O)(=O)N[C@@H](CCO)C(=O)O. The first-order valence-electron chi connectivity index (χ1n) is 4.70. The second kappa shape index (κ2) is 5.73. The predicted octanol–water partition coefficient (Wildman–Crippen LogP) is -1.31. The number of aliphatic carboxylic acids is 1. The van der Waals surface area contributed by atoms with Gasteiger partial charge in [-0.15, -0.1) is 5.10 Å². The number of hydrogen-bond donors (Lipinski definition) is 3. The maximum Gasteiger partial charge on any atom is 0.321 e. The summed E-state index contributed by atoms with van der Waals surface area (Å²) in [4.78, 5) is 10.8. The number of carbonyl (C=O) groups is 1. The van der Waals surface area contributed by atoms with Crippen LogP contribution in [0.5, 0.6) is 0 Å². The van der Waals surface area contributed by atoms with Crippen LogP contribution in [0.25, 0.3) is 0 Å². The zero-order valence-electron chi connectivity index (χ0n) is 9.24. The van der Waals surface area contributed by atoms with Gasteiger partial charge in [-0.05, 0) is 22.4 Å². The van der Waals surface area contributed by atoms with Crippen molar-refractivity contribution in [2.24, 2.45) is 7.05 Å². The average Bonchev–Trinajstić information content (AvgIpc) is 2.58. The minimum atomic E-state index is -4.10. The van der Waals surface area contributed by atoms with Gasteiger partial charge in [0.05, 0.1) is 0 Å². The predicted molar refractivity (Wildman–Crippen MR) is 62.2 cm³/mol. The van der Waals surface area contributed by atoms with Gasteiger partial charge in [-0.25, -0.2) is 13.1 Å². The number of halogens is 1. The first-order chi connectivity index (χ1) is 8.29. The van der Waals surface area contributed by atoms with E-state index in [1.165, 1.54) is 7.05 Å². The first kappa shape index (κ1) is 15.0. The largest absolute Gasteiger partial charge is 0.480 e. The summed E-state index contributed by atoms with van der Waals surface area (Å²) in [6.07, 6.45) is -0.239. The number of hydrogen-bond acceptors (Lipinski definition) is 6. The zero-order valence-corrected chi connectivity index (χ0v) is 11.6. The Kier molecular flexibility index (Phi) is 4.78. The molecule has 102 valence electrons. The standard InChI is InChI=1S/C7H11BrN4O5S/c1-12-6(5(8)9-11-12)18(16,17)10-4(2-3-13)7(14)15/h4,10,13H,2-3H2,1H3,(H,14,15)/t4-/m0/s1. The average molecular weight is 343 g/mol. The van der Waals surface area contributed by atoms with Crippen LogP contribution < -0.4 is 4.72 Å². The number of aliphatic hydroxyl groups is 1. The lowest BCUT2D eigenvalue weighted by Gasteiger charge is -2.13. The third-order valence-corrected chi connectivity index (χ3v) is 4.36. The number of carboxylic acid groups (broad SMARTS) is 1. The van der Waals surface area contributed by atoms with Crippen molar-refractivity contribution in [1.82, 2.24) is 19.7 Å². The molecule has 0 amide bonds. The van der Waals surface area contributed by atoms with Gasteiger partial charge in [-0.3, -0.25) is 4.79 Å². The van der Waals surface area contributed by atoms with Crippen LogP contribution >= 0.6 is 15.9 Å². The summed E-state index contributed by atoms with van der Waals surface area (Å²) >= 11 is 2.91. The van der Waals surface area contributed by atoms with E-state index in [2.05, 4.69) is 26.2 Å². The van der Waals surface area contributed by atoms with Gasteiger partial charge in [0.1, 0.15) is 6.04 Å². The van der Waals surface area contributed by atoms with Crippen molar-refractivity contribution in [1.29, 1.82) is 0 Å². The molecule has 1 atom stereocenters. The Bertz CT molecular complexity index is 523. The molecule has 0 spiro atoms. The van der Waals surface area contributed by atoms with Crippen molar-refractivity contribution in [3.05, 3.63) is 4.60 Å². The van der Waals surface area contributed by atoms with Gasteiger partial charge in [-0.2, -0.15) is 4.72 Å². The summed E-state index contributed by atoms with van der Waals surface area (Å²) < 4.78 is 26.8. The number of rotatable bonds is 6. The minimum absolute atomic E-state index is 0.0226. The third kappa shape index (κ3) is 3.25. The fraction of sp³-hybridized carbons (Fsp3) is 0.571. The molecule has 0 aliphatic rings. The normalized spacial score (nSPS) is 13.5. The lowest BCUT2D eigenvalue weighted by molar-refractivity contribution is -0.139. The van der Waals surface area contributed by atoms with E-state index in [1.54, 1.807) is 0 Å². The monoisotopic (exact) mass is 342 g/mol. The van der Waals surface area contributed by atoms with Crippen molar-refractivity contribution >= 4 is 31.9 Å². The van der Waals surface area contributed by atoms with E-state index in [0.717, 1.165) is 4.68 Å². The quantitative estimate of drug-likeness (QED) is 0.584. The molecule has 0 aromatic carbocycles. The van der Waals surface area contributed by atoms with E-state index in [4.69, 9.17) is 10.2 Å². The van der Waals surface area contributed by atoms with Crippen LogP contribution in [0.15, 0.2) is 9.63 Å². The highest BCUT2D eigenvalue weighted by atomic mass is 79.9. The molecule has 11 heteroatoms. The van der Waals surface area contributed by atoms with E-state index in [-0.39, 0.29) is 16.0 Å². The second-order valence-corrected chi connectivity index (χ2v) is 5.71. The molecule has 9 nitrogen and oxygen atoms in total. The second-order valence-electron chi connectivity index (χ2n) is 3.33. The van der Waals surface area contributed by atoms with Gasteiger partial charge in [0.15, 0.2) is 4.60 Å². The first-order valence-corrected chi connectivity index (χ1v) is 6.98. The summed E-state index contributed by atoms with van der Waals surface area (Å²) in [5, 5.41) is 24.2. The molecule has 0 saturated carbocycles. The van der Waals surface area contributed by atoms with Gasteiger partial charge in [-0.1, -0.05) is 5.21 Å². The molecular formula is C7H11BrN4O5S. The maximum absolute atomic E-state index is 11.9. The van der Waals surface area contributed by atoms with Crippen molar-refractivity contribution in [2.75, 3.05) is 6.61 Å². The van der Waals surface area contributed by atoms with Gasteiger partial charge in [0.25, 0.3) is 10.0 Å². The van der Waals surface area contributed by atoms with Crippen molar-refractivity contribution in [3.8, 4) is 0 Å². The molecule has 0 saturated heterocycles. The molecule has 0 unspecified atom stereocenters. The molecule has 0 radical (unpaired) electrons. The molecule has 3 N–H and O–H groups in total. The number of nitrogens with one attached hydrogen (secondary N) is 1. The molecule has 1 aromatic rings. The molecule has 1 heterocycles. The van der Waals surface area contributed by atoms with Gasteiger partial charge in [0, 0.05) is 13.7 Å². The highest BCUT2D eigenvalue weighted by Gasteiger charge is 2.29. The summed E-state index contributed by atoms with van der Waals surface area (Å²) in [6.45, 7) is -0.454. The number of aryl methyl sites for hydroxylation is 1. The summed E-state index contributed by atoms with van der Waals surface area (Å²) in [5.74, 6) is -1.38. The fourth-order valence-electron chi connectivity index (χ4n) is 1.21. The Balaban J connectivity index is 3.05. The molecule has 1 rings (SSSR count). The third-order valence-electron chi connectivity index (χ3n) is 2.00. The van der Waals surface area contributed by atoms with Crippen LogP contribution in [-0.4, -0.2) is 52.2 Å². The Hall–Kier alpha value is -1.04. The number of aliphatic hydroxyl groups excluding tert-OH is 1. The zero-order chi connectivity index (χ0) is 13.9. The van der Waals surface area contributed by atoms with E-state index < -0.39 is 28.6 Å². The number of nitrogens with zero attached hydrogens (tertiary/aromatic N) is 3. The topological polar surface area (TPSA) is 134 Å². The summed E-state index contributed by atoms with van der Waals surface area (Å²) in [5.41, 5.74) is 0. The van der Waals surface area contributed by atoms with Crippen molar-refractivity contribution in [3.63, 3.8) is 0 Å². The molecule has 0 aliphatic carbocycles. The fourth-order valence-corrected chi connectivity index (χ4v) is 3.53. The Labute approximate surface area is 111 Å². The molecular weight excluding hydrogens is 332 g/mol. The summed E-state index contributed by atoms with van der Waals surface area (Å²) in [6, 6.07) is -1.42. The Morgan fingerprint density at radius 3 is 2.61 bits per heavy atom. The van der Waals surface area contributed by atoms with Crippen LogP contribution in [0.3, 0.4) is 0 Å². The van der Waals surface area contributed by atoms with E-state index in [1.807, 2.05) is 4.72 Å². The summed E-state index contributed by atoms with van der Waals surface area (Å²) in [7, 11) is -2.74. The van der Waals surface area contributed by atoms with Gasteiger partial charge in [0.2, 0.25) is 5.03 Å². The van der Waals surface area contributed by atoms with E-state index in [9.17, 15) is 13.2 Å². The van der Waals surface area contributed by atoms with Crippen LogP contribution in [-0.2, 0) is 21.9 Å². The minimum Gasteiger partial charge on any atom is -0.480 e. The lowest BCUT2D eigenvalue weighted by Crippen LogP contribution is -2.42. The molecule has 0 fully saturated rings. The number of sulfonamides is 1. The van der Waals surface area contributed by atoms with Gasteiger partial charge < -0.3 is 10.2 Å². The molecule has 0 aliphatic heterocycles. The van der Waals surface area contributed by atoms with Crippen molar-refractivity contribution in [2.45, 2.75) is 17.5 Å². The maximum atomic E-state index is 11.9. The molecule has 0 bridgehead atoms.